The molecule has 2 heterocycles. The van der Waals surface area contributed by atoms with Gasteiger partial charge in [0.25, 0.3) is 15.9 Å². The number of likely N-dealkylation sites (N-methyl/N-ethyl adjacent to an activating group) is 1. The van der Waals surface area contributed by atoms with Crippen LogP contribution in [0, 0.1) is 0 Å². The van der Waals surface area contributed by atoms with E-state index in [1.165, 1.54) is 30.3 Å². The zero-order valence-electron chi connectivity index (χ0n) is 17.7. The van der Waals surface area contributed by atoms with Gasteiger partial charge in [-0.1, -0.05) is 23.7 Å². The predicted molar refractivity (Wildman–Crippen MR) is 120 cm³/mol. The van der Waals surface area contributed by atoms with Crippen molar-refractivity contribution in [1.29, 1.82) is 0 Å². The Hall–Kier alpha value is -2.82. The third kappa shape index (κ3) is 4.92. The lowest BCUT2D eigenvalue weighted by molar-refractivity contribution is -0.148. The number of rotatable bonds is 5. The number of sulfonamides is 1. The Labute approximate surface area is 196 Å². The molecule has 2 aromatic rings. The maximum atomic E-state index is 13.2. The maximum absolute atomic E-state index is 13.2. The number of amides is 1. The normalized spacial score (nSPS) is 22.9. The van der Waals surface area contributed by atoms with Crippen molar-refractivity contribution in [3.05, 3.63) is 53.1 Å². The molecule has 1 amide bonds. The minimum absolute atomic E-state index is 0.0729. The minimum atomic E-state index is -3.97. The zero-order chi connectivity index (χ0) is 23.8. The second-order valence-corrected chi connectivity index (χ2v) is 10.1. The summed E-state index contributed by atoms with van der Waals surface area (Å²) in [7, 11) is -2.32. The second-order valence-electron chi connectivity index (χ2n) is 8.01. The van der Waals surface area contributed by atoms with Gasteiger partial charge >= 0.3 is 5.97 Å². The van der Waals surface area contributed by atoms with E-state index in [4.69, 9.17) is 26.2 Å². The quantitative estimate of drug-likeness (QED) is 0.655. The summed E-state index contributed by atoms with van der Waals surface area (Å²) in [5.74, 6) is -1.000. The molecule has 11 heteroatoms. The summed E-state index contributed by atoms with van der Waals surface area (Å²) in [4.78, 5) is 25.8. The first kappa shape index (κ1) is 23.3. The maximum Gasteiger partial charge on any atom is 0.305 e. The van der Waals surface area contributed by atoms with Crippen LogP contribution in [0.5, 0.6) is 5.75 Å². The third-order valence-electron chi connectivity index (χ3n) is 5.79. The first-order chi connectivity index (χ1) is 15.7. The Bertz CT molecular complexity index is 1190. The number of anilines is 1. The number of hydrogen-bond acceptors (Lipinski definition) is 6. The van der Waals surface area contributed by atoms with Gasteiger partial charge in [-0.15, -0.1) is 0 Å². The summed E-state index contributed by atoms with van der Waals surface area (Å²) >= 11 is 6.03. The van der Waals surface area contributed by atoms with Gasteiger partial charge in [-0.3, -0.25) is 14.3 Å². The summed E-state index contributed by atoms with van der Waals surface area (Å²) in [5, 5.41) is 9.13. The first-order valence-electron chi connectivity index (χ1n) is 10.3. The van der Waals surface area contributed by atoms with Crippen molar-refractivity contribution < 1.29 is 32.6 Å². The van der Waals surface area contributed by atoms with Gasteiger partial charge in [0.1, 0.15) is 23.4 Å². The van der Waals surface area contributed by atoms with Crippen LogP contribution >= 0.6 is 11.6 Å². The molecule has 0 aliphatic carbocycles. The third-order valence-corrected chi connectivity index (χ3v) is 7.67. The highest BCUT2D eigenvalue weighted by Crippen LogP contribution is 2.33. The van der Waals surface area contributed by atoms with Gasteiger partial charge in [0.05, 0.1) is 29.2 Å². The van der Waals surface area contributed by atoms with Crippen molar-refractivity contribution in [3.63, 3.8) is 0 Å². The van der Waals surface area contributed by atoms with E-state index in [0.717, 1.165) is 0 Å². The van der Waals surface area contributed by atoms with Gasteiger partial charge in [0, 0.05) is 12.7 Å². The lowest BCUT2D eigenvalue weighted by Gasteiger charge is -2.42. The van der Waals surface area contributed by atoms with Gasteiger partial charge in [-0.2, -0.15) is 0 Å². The molecule has 3 atom stereocenters. The number of benzene rings is 2. The van der Waals surface area contributed by atoms with Crippen molar-refractivity contribution in [1.82, 2.24) is 4.90 Å². The fourth-order valence-electron chi connectivity index (χ4n) is 4.16. The van der Waals surface area contributed by atoms with E-state index in [-0.39, 0.29) is 51.9 Å². The van der Waals surface area contributed by atoms with Gasteiger partial charge in [-0.05, 0) is 43.2 Å². The molecule has 0 spiro atoms. The van der Waals surface area contributed by atoms with Crippen LogP contribution in [0.1, 0.15) is 29.6 Å². The van der Waals surface area contributed by atoms with Crippen LogP contribution in [-0.4, -0.2) is 62.2 Å². The van der Waals surface area contributed by atoms with Crippen LogP contribution in [-0.2, 0) is 19.6 Å². The van der Waals surface area contributed by atoms with Crippen LogP contribution in [0.3, 0.4) is 0 Å². The largest absolute Gasteiger partial charge is 0.490 e. The molecular formula is C22H23ClN2O7S. The van der Waals surface area contributed by atoms with E-state index in [9.17, 15) is 18.0 Å². The fraction of sp³-hybridized carbons (Fsp3) is 0.364. The molecule has 176 valence electrons. The number of fused-ring (bicyclic) bond motifs is 2. The molecule has 2 aromatic carbocycles. The summed E-state index contributed by atoms with van der Waals surface area (Å²) in [5.41, 5.74) is 0.403. The van der Waals surface area contributed by atoms with Crippen LogP contribution in [0.2, 0.25) is 5.02 Å². The molecule has 1 fully saturated rings. The van der Waals surface area contributed by atoms with E-state index >= 15 is 0 Å². The summed E-state index contributed by atoms with van der Waals surface area (Å²) < 4.78 is 39.8. The standard InChI is InChI=1S/C22H23ClN2O7S/c1-25-17-8-7-14(11-21(26)27)32-19(17)12-31-18-9-6-13(10-15(18)22(25)28)24-33(29,30)20-5-3-2-4-16(20)23/h2-6,9-10,14,17,19,24H,7-8,11-12H2,1H3,(H,26,27)/t14-,17-,19-/m1/s1. The Kier molecular flexibility index (Phi) is 6.51. The molecule has 1 saturated heterocycles. The van der Waals surface area contributed by atoms with Crippen molar-refractivity contribution >= 4 is 39.2 Å². The van der Waals surface area contributed by atoms with Gasteiger partial charge < -0.3 is 19.5 Å². The molecule has 2 aliphatic rings. The molecule has 0 aromatic heterocycles. The lowest BCUT2D eigenvalue weighted by atomic mass is 9.95. The van der Waals surface area contributed by atoms with E-state index < -0.39 is 28.2 Å². The highest BCUT2D eigenvalue weighted by atomic mass is 35.5. The number of nitrogens with one attached hydrogen (secondary N) is 1. The highest BCUT2D eigenvalue weighted by Gasteiger charge is 2.39. The van der Waals surface area contributed by atoms with Crippen molar-refractivity contribution in [2.75, 3.05) is 18.4 Å². The minimum Gasteiger partial charge on any atom is -0.490 e. The van der Waals surface area contributed by atoms with E-state index in [0.29, 0.717) is 12.8 Å². The molecular weight excluding hydrogens is 472 g/mol. The zero-order valence-corrected chi connectivity index (χ0v) is 19.3. The molecule has 9 nitrogen and oxygen atoms in total. The van der Waals surface area contributed by atoms with Gasteiger partial charge in [-0.25, -0.2) is 8.42 Å². The summed E-state index contributed by atoms with van der Waals surface area (Å²) in [6.45, 7) is 0.135. The Morgan fingerprint density at radius 3 is 2.73 bits per heavy atom. The average molecular weight is 495 g/mol. The van der Waals surface area contributed by atoms with Crippen LogP contribution in [0.15, 0.2) is 47.4 Å². The number of halogens is 1. The van der Waals surface area contributed by atoms with E-state index in [1.807, 2.05) is 0 Å². The number of ether oxygens (including phenoxy) is 2. The lowest BCUT2D eigenvalue weighted by Crippen LogP contribution is -2.53. The number of carbonyl (C=O) groups is 2. The monoisotopic (exact) mass is 494 g/mol. The second kappa shape index (κ2) is 9.20. The molecule has 0 unspecified atom stereocenters. The molecule has 2 N–H and O–H groups in total. The van der Waals surface area contributed by atoms with E-state index in [1.54, 1.807) is 24.1 Å². The number of hydrogen-bond donors (Lipinski definition) is 2. The number of carbonyl (C=O) groups excluding carboxylic acids is 1. The molecule has 33 heavy (non-hydrogen) atoms. The van der Waals surface area contributed by atoms with Crippen molar-refractivity contribution in [2.24, 2.45) is 0 Å². The van der Waals surface area contributed by atoms with Crippen molar-refractivity contribution in [3.8, 4) is 5.75 Å². The number of carboxylic acid groups (broad SMARTS) is 1. The smallest absolute Gasteiger partial charge is 0.305 e. The molecule has 0 radical (unpaired) electrons. The average Bonchev–Trinajstić information content (AvgIpc) is 2.76. The Balaban J connectivity index is 1.58. The number of aliphatic carboxylic acids is 1. The van der Waals surface area contributed by atoms with Gasteiger partial charge in [0.15, 0.2) is 0 Å². The molecule has 2 aliphatic heterocycles. The van der Waals surface area contributed by atoms with Crippen LogP contribution in [0.25, 0.3) is 0 Å². The van der Waals surface area contributed by atoms with E-state index in [2.05, 4.69) is 4.72 Å². The molecule has 0 saturated carbocycles. The SMILES string of the molecule is CN1C(=O)c2cc(NS(=O)(=O)c3ccccc3Cl)ccc2OC[C@H]2O[C@@H](CC(=O)O)CC[C@H]21. The summed E-state index contributed by atoms with van der Waals surface area (Å²) in [6.07, 6.45) is 0.0738. The Morgan fingerprint density at radius 1 is 1.24 bits per heavy atom. The number of carboxylic acids is 1. The molecule has 0 bridgehead atoms. The molecule has 4 rings (SSSR count). The topological polar surface area (TPSA) is 122 Å². The summed E-state index contributed by atoms with van der Waals surface area (Å²) in [6, 6.07) is 10.2. The van der Waals surface area contributed by atoms with Crippen LogP contribution < -0.4 is 9.46 Å². The van der Waals surface area contributed by atoms with Gasteiger partial charge in [0.2, 0.25) is 0 Å². The number of nitrogens with zero attached hydrogens (tertiary/aromatic N) is 1. The predicted octanol–water partition coefficient (Wildman–Crippen LogP) is 3.00. The fourth-order valence-corrected chi connectivity index (χ4v) is 5.73. The van der Waals surface area contributed by atoms with Crippen LogP contribution in [0.4, 0.5) is 5.69 Å². The highest BCUT2D eigenvalue weighted by molar-refractivity contribution is 7.92. The Morgan fingerprint density at radius 2 is 2.00 bits per heavy atom. The first-order valence-corrected chi connectivity index (χ1v) is 12.2. The van der Waals surface area contributed by atoms with Crippen molar-refractivity contribution in [2.45, 2.75) is 42.4 Å².